The highest BCUT2D eigenvalue weighted by Gasteiger charge is 2.20. The van der Waals surface area contributed by atoms with Gasteiger partial charge in [-0.1, -0.05) is 115 Å². The Balaban J connectivity index is 1.06. The van der Waals surface area contributed by atoms with E-state index < -0.39 is 0 Å². The Morgan fingerprint density at radius 2 is 0.930 bits per heavy atom. The largest absolute Gasteiger partial charge is 0.456 e. The lowest BCUT2D eigenvalue weighted by atomic mass is 10.0. The molecule has 0 saturated carbocycles. The van der Waals surface area contributed by atoms with E-state index in [1.54, 1.807) is 0 Å². The Kier molecular flexibility index (Phi) is 6.79. The summed E-state index contributed by atoms with van der Waals surface area (Å²) >= 11 is 0. The van der Waals surface area contributed by atoms with Crippen LogP contribution in [0.25, 0.3) is 117 Å². The van der Waals surface area contributed by atoms with Crippen molar-refractivity contribution >= 4 is 65.6 Å². The molecule has 0 aliphatic heterocycles. The van der Waals surface area contributed by atoms with Crippen molar-refractivity contribution in [3.63, 3.8) is 0 Å². The Labute approximate surface area is 325 Å². The smallest absolute Gasteiger partial charge is 0.227 e. The standard InChI is InChI=1S/C50H29N5O2/c1-3-12-31(13-4-1)47-52-48(33-16-11-17-35(28-33)55-39-20-9-7-18-36(39)37-19-8-10-21-40(37)55)54-49(53-47)34-23-22-30-24-25-41-44(38(30)29-34)45-42(56-41)26-27-43-46(45)51-50(57-43)32-14-5-2-6-15-32/h1-29H. The van der Waals surface area contributed by atoms with Crippen LogP contribution in [0.15, 0.2) is 185 Å². The van der Waals surface area contributed by atoms with Gasteiger partial charge in [0.05, 0.1) is 16.4 Å². The first-order valence-electron chi connectivity index (χ1n) is 18.9. The molecule has 0 fully saturated rings. The minimum Gasteiger partial charge on any atom is -0.456 e. The van der Waals surface area contributed by atoms with Crippen molar-refractivity contribution in [3.05, 3.63) is 176 Å². The average molecular weight is 732 g/mol. The SMILES string of the molecule is c1ccc(-c2nc(-c3cccc(-n4c5ccccc5c5ccccc54)c3)nc(-c3ccc4ccc5oc6ccc7oc(-c8ccccc8)nc7c6c5c4c3)n2)cc1. The first-order chi connectivity index (χ1) is 28.2. The van der Waals surface area contributed by atoms with E-state index in [4.69, 9.17) is 28.8 Å². The van der Waals surface area contributed by atoms with Crippen LogP contribution in [0.3, 0.4) is 0 Å². The van der Waals surface area contributed by atoms with E-state index in [1.165, 1.54) is 10.8 Å². The lowest BCUT2D eigenvalue weighted by Crippen LogP contribution is -2.01. The number of aromatic nitrogens is 5. The third-order valence-corrected chi connectivity index (χ3v) is 10.9. The van der Waals surface area contributed by atoms with Gasteiger partial charge in [0.1, 0.15) is 16.7 Å². The molecule has 8 aromatic carbocycles. The summed E-state index contributed by atoms with van der Waals surface area (Å²) in [5, 5.41) is 6.39. The molecule has 266 valence electrons. The van der Waals surface area contributed by atoms with E-state index >= 15 is 0 Å². The van der Waals surface area contributed by atoms with Crippen molar-refractivity contribution in [3.8, 4) is 51.3 Å². The van der Waals surface area contributed by atoms with E-state index in [-0.39, 0.29) is 0 Å². The fraction of sp³-hybridized carbons (Fsp3) is 0. The second-order valence-electron chi connectivity index (χ2n) is 14.2. The Morgan fingerprint density at radius 1 is 0.368 bits per heavy atom. The van der Waals surface area contributed by atoms with Crippen LogP contribution in [-0.2, 0) is 0 Å². The van der Waals surface area contributed by atoms with E-state index in [2.05, 4.69) is 102 Å². The minimum absolute atomic E-state index is 0.571. The van der Waals surface area contributed by atoms with Crippen molar-refractivity contribution < 1.29 is 8.83 Å². The van der Waals surface area contributed by atoms with E-state index in [0.717, 1.165) is 77.2 Å². The molecule has 57 heavy (non-hydrogen) atoms. The number of fused-ring (bicyclic) bond motifs is 10. The molecule has 0 spiro atoms. The molecule has 12 aromatic rings. The van der Waals surface area contributed by atoms with Gasteiger partial charge in [-0.15, -0.1) is 0 Å². The summed E-state index contributed by atoms with van der Waals surface area (Å²) in [6.07, 6.45) is 0. The lowest BCUT2D eigenvalue weighted by Gasteiger charge is -2.12. The van der Waals surface area contributed by atoms with Gasteiger partial charge < -0.3 is 13.4 Å². The predicted octanol–water partition coefficient (Wildman–Crippen LogP) is 12.8. The normalized spacial score (nSPS) is 11.9. The second-order valence-corrected chi connectivity index (χ2v) is 14.2. The van der Waals surface area contributed by atoms with Gasteiger partial charge in [0.2, 0.25) is 5.89 Å². The van der Waals surface area contributed by atoms with E-state index in [1.807, 2.05) is 78.9 Å². The molecule has 7 heteroatoms. The van der Waals surface area contributed by atoms with Crippen molar-refractivity contribution in [2.45, 2.75) is 0 Å². The number of para-hydroxylation sites is 2. The van der Waals surface area contributed by atoms with E-state index in [0.29, 0.717) is 28.9 Å². The molecular formula is C50H29N5O2. The van der Waals surface area contributed by atoms with Crippen molar-refractivity contribution in [2.24, 2.45) is 0 Å². The van der Waals surface area contributed by atoms with Crippen LogP contribution in [0.1, 0.15) is 0 Å². The molecule has 0 amide bonds. The number of hydrogen-bond acceptors (Lipinski definition) is 6. The number of hydrogen-bond donors (Lipinski definition) is 0. The second kappa shape index (κ2) is 12.3. The summed E-state index contributed by atoms with van der Waals surface area (Å²) < 4.78 is 15.1. The fourth-order valence-electron chi connectivity index (χ4n) is 8.24. The summed E-state index contributed by atoms with van der Waals surface area (Å²) in [4.78, 5) is 20.4. The van der Waals surface area contributed by atoms with Crippen molar-refractivity contribution in [1.82, 2.24) is 24.5 Å². The highest BCUT2D eigenvalue weighted by Crippen LogP contribution is 2.41. The van der Waals surface area contributed by atoms with Crippen LogP contribution in [0.5, 0.6) is 0 Å². The fourth-order valence-corrected chi connectivity index (χ4v) is 8.24. The van der Waals surface area contributed by atoms with Crippen LogP contribution in [0, 0.1) is 0 Å². The van der Waals surface area contributed by atoms with Crippen LogP contribution < -0.4 is 0 Å². The highest BCUT2D eigenvalue weighted by molar-refractivity contribution is 6.25. The number of oxazole rings is 1. The number of nitrogens with zero attached hydrogens (tertiary/aromatic N) is 5. The molecule has 0 atom stereocenters. The van der Waals surface area contributed by atoms with Crippen molar-refractivity contribution in [2.75, 3.05) is 0 Å². The maximum absolute atomic E-state index is 6.45. The predicted molar refractivity (Wildman–Crippen MR) is 228 cm³/mol. The summed E-state index contributed by atoms with van der Waals surface area (Å²) in [5.74, 6) is 2.33. The number of furan rings is 1. The molecule has 12 rings (SSSR count). The lowest BCUT2D eigenvalue weighted by molar-refractivity contribution is 0.619. The van der Waals surface area contributed by atoms with Crippen molar-refractivity contribution in [1.29, 1.82) is 0 Å². The summed E-state index contributed by atoms with van der Waals surface area (Å²) in [6, 6.07) is 59.9. The van der Waals surface area contributed by atoms with Crippen LogP contribution in [-0.4, -0.2) is 24.5 Å². The van der Waals surface area contributed by atoms with Gasteiger partial charge in [-0.25, -0.2) is 19.9 Å². The zero-order valence-corrected chi connectivity index (χ0v) is 30.3. The van der Waals surface area contributed by atoms with Gasteiger partial charge in [0.15, 0.2) is 23.1 Å². The van der Waals surface area contributed by atoms with Gasteiger partial charge in [-0.2, -0.15) is 0 Å². The Bertz CT molecular complexity index is 3480. The van der Waals surface area contributed by atoms with Gasteiger partial charge in [0, 0.05) is 44.1 Å². The molecule has 0 radical (unpaired) electrons. The van der Waals surface area contributed by atoms with Gasteiger partial charge >= 0.3 is 0 Å². The maximum Gasteiger partial charge on any atom is 0.227 e. The van der Waals surface area contributed by atoms with Gasteiger partial charge in [-0.05, 0) is 71.4 Å². The molecule has 0 N–H and O–H groups in total. The van der Waals surface area contributed by atoms with E-state index in [9.17, 15) is 0 Å². The first-order valence-corrected chi connectivity index (χ1v) is 18.9. The molecule has 0 saturated heterocycles. The zero-order valence-electron chi connectivity index (χ0n) is 30.3. The molecular weight excluding hydrogens is 703 g/mol. The van der Waals surface area contributed by atoms with Gasteiger partial charge in [0.25, 0.3) is 0 Å². The zero-order chi connectivity index (χ0) is 37.5. The minimum atomic E-state index is 0.571. The highest BCUT2D eigenvalue weighted by atomic mass is 16.4. The number of benzene rings is 8. The molecule has 0 aliphatic carbocycles. The number of rotatable bonds is 5. The first kappa shape index (κ1) is 31.5. The summed E-state index contributed by atoms with van der Waals surface area (Å²) in [7, 11) is 0. The molecule has 7 nitrogen and oxygen atoms in total. The van der Waals surface area contributed by atoms with Crippen LogP contribution in [0.4, 0.5) is 0 Å². The monoisotopic (exact) mass is 731 g/mol. The quantitative estimate of drug-likeness (QED) is 0.175. The summed E-state index contributed by atoms with van der Waals surface area (Å²) in [5.41, 5.74) is 9.89. The third-order valence-electron chi connectivity index (χ3n) is 10.9. The third kappa shape index (κ3) is 4.99. The van der Waals surface area contributed by atoms with Crippen LogP contribution in [0.2, 0.25) is 0 Å². The molecule has 0 bridgehead atoms. The Hall–Kier alpha value is -7.90. The summed E-state index contributed by atoms with van der Waals surface area (Å²) in [6.45, 7) is 0. The van der Waals surface area contributed by atoms with Gasteiger partial charge in [-0.3, -0.25) is 0 Å². The molecule has 0 unspecified atom stereocenters. The van der Waals surface area contributed by atoms with Crippen LogP contribution >= 0.6 is 0 Å². The molecule has 0 aliphatic rings. The topological polar surface area (TPSA) is 82.8 Å². The molecule has 4 aromatic heterocycles. The maximum atomic E-state index is 6.45. The average Bonchev–Trinajstić information content (AvgIpc) is 3.99. The molecule has 4 heterocycles. The Morgan fingerprint density at radius 3 is 1.67 bits per heavy atom.